The summed E-state index contributed by atoms with van der Waals surface area (Å²) in [6.45, 7) is 4.41. The van der Waals surface area contributed by atoms with Gasteiger partial charge in [-0.15, -0.1) is 0 Å². The molecule has 1 aliphatic rings. The number of nitrogens with zero attached hydrogens (tertiary/aromatic N) is 2. The zero-order valence-corrected chi connectivity index (χ0v) is 15.5. The standard InChI is InChI=1S/C17H19Cl2N3O3/c1-10-14(17(23)20-8-11-9-22(2)6-7-24-11)16(21-25-10)15-12(18)4-3-5-13(15)19/h3-5,11H,6-9H2,1-2H3,(H,20,23)/t11-/m1/s1. The molecule has 0 spiro atoms. The Labute approximate surface area is 156 Å². The fraction of sp³-hybridized carbons (Fsp3) is 0.412. The molecule has 0 aliphatic carbocycles. The van der Waals surface area contributed by atoms with Gasteiger partial charge in [-0.2, -0.15) is 0 Å². The van der Waals surface area contributed by atoms with Crippen LogP contribution in [0.15, 0.2) is 22.7 Å². The van der Waals surface area contributed by atoms with Gasteiger partial charge in [0.1, 0.15) is 17.0 Å². The highest BCUT2D eigenvalue weighted by Crippen LogP contribution is 2.36. The predicted molar refractivity (Wildman–Crippen MR) is 96.3 cm³/mol. The molecule has 3 rings (SSSR count). The molecule has 2 heterocycles. The maximum Gasteiger partial charge on any atom is 0.257 e. The summed E-state index contributed by atoms with van der Waals surface area (Å²) in [6, 6.07) is 5.12. The minimum atomic E-state index is -0.290. The van der Waals surface area contributed by atoms with Crippen LogP contribution in [-0.2, 0) is 4.74 Å². The molecule has 134 valence electrons. The van der Waals surface area contributed by atoms with E-state index in [-0.39, 0.29) is 12.0 Å². The second kappa shape index (κ2) is 7.74. The molecule has 1 aromatic carbocycles. The third-order valence-electron chi connectivity index (χ3n) is 4.12. The lowest BCUT2D eigenvalue weighted by Crippen LogP contribution is -2.46. The van der Waals surface area contributed by atoms with E-state index >= 15 is 0 Å². The van der Waals surface area contributed by atoms with E-state index in [2.05, 4.69) is 15.4 Å². The molecule has 1 aliphatic heterocycles. The molecule has 1 N–H and O–H groups in total. The molecule has 8 heteroatoms. The van der Waals surface area contributed by atoms with Crippen molar-refractivity contribution < 1.29 is 14.1 Å². The Balaban J connectivity index is 1.80. The van der Waals surface area contributed by atoms with Crippen LogP contribution in [-0.4, -0.2) is 55.4 Å². The highest BCUT2D eigenvalue weighted by Gasteiger charge is 2.26. The maximum atomic E-state index is 12.7. The van der Waals surface area contributed by atoms with Gasteiger partial charge in [-0.25, -0.2) is 0 Å². The number of morpholine rings is 1. The van der Waals surface area contributed by atoms with Crippen LogP contribution in [0.2, 0.25) is 10.0 Å². The topological polar surface area (TPSA) is 67.6 Å². The number of carbonyl (C=O) groups excluding carboxylic acids is 1. The summed E-state index contributed by atoms with van der Waals surface area (Å²) in [7, 11) is 2.03. The molecule has 2 aromatic rings. The van der Waals surface area contributed by atoms with Gasteiger partial charge in [0.2, 0.25) is 0 Å². The van der Waals surface area contributed by atoms with E-state index in [4.69, 9.17) is 32.5 Å². The van der Waals surface area contributed by atoms with E-state index in [1.54, 1.807) is 25.1 Å². The average molecular weight is 384 g/mol. The van der Waals surface area contributed by atoms with E-state index in [1.165, 1.54) is 0 Å². The van der Waals surface area contributed by atoms with Gasteiger partial charge in [-0.3, -0.25) is 4.79 Å². The van der Waals surface area contributed by atoms with Gasteiger partial charge in [0.05, 0.1) is 22.8 Å². The van der Waals surface area contributed by atoms with E-state index in [0.717, 1.165) is 13.1 Å². The summed E-state index contributed by atoms with van der Waals surface area (Å²) in [5.74, 6) is 0.117. The molecule has 1 aromatic heterocycles. The van der Waals surface area contributed by atoms with Gasteiger partial charge >= 0.3 is 0 Å². The zero-order valence-electron chi connectivity index (χ0n) is 14.0. The van der Waals surface area contributed by atoms with E-state index < -0.39 is 0 Å². The number of likely N-dealkylation sites (N-methyl/N-ethyl adjacent to an activating group) is 1. The Morgan fingerprint density at radius 1 is 1.40 bits per heavy atom. The van der Waals surface area contributed by atoms with Crippen LogP contribution >= 0.6 is 23.2 Å². The van der Waals surface area contributed by atoms with Crippen molar-refractivity contribution in [2.75, 3.05) is 33.3 Å². The highest BCUT2D eigenvalue weighted by molar-refractivity contribution is 6.39. The summed E-state index contributed by atoms with van der Waals surface area (Å²) in [5.41, 5.74) is 1.16. The van der Waals surface area contributed by atoms with Gasteiger partial charge in [-0.1, -0.05) is 34.4 Å². The molecule has 0 bridgehead atoms. The zero-order chi connectivity index (χ0) is 18.0. The third kappa shape index (κ3) is 3.98. The van der Waals surface area contributed by atoms with Gasteiger partial charge in [-0.05, 0) is 26.1 Å². The van der Waals surface area contributed by atoms with Crippen LogP contribution in [0, 0.1) is 6.92 Å². The fourth-order valence-corrected chi connectivity index (χ4v) is 3.40. The van der Waals surface area contributed by atoms with Crippen molar-refractivity contribution in [2.45, 2.75) is 13.0 Å². The Bertz CT molecular complexity index is 758. The third-order valence-corrected chi connectivity index (χ3v) is 4.75. The van der Waals surface area contributed by atoms with Crippen molar-refractivity contribution in [3.8, 4) is 11.3 Å². The van der Waals surface area contributed by atoms with Gasteiger partial charge in [0.15, 0.2) is 0 Å². The number of aryl methyl sites for hydroxylation is 1. The number of carbonyl (C=O) groups is 1. The number of amides is 1. The molecule has 0 radical (unpaired) electrons. The summed E-state index contributed by atoms with van der Waals surface area (Å²) in [6.07, 6.45) is -0.0461. The number of hydrogen-bond acceptors (Lipinski definition) is 5. The molecular weight excluding hydrogens is 365 g/mol. The lowest BCUT2D eigenvalue weighted by Gasteiger charge is -2.30. The van der Waals surface area contributed by atoms with Crippen LogP contribution in [0.5, 0.6) is 0 Å². The number of aromatic nitrogens is 1. The molecule has 1 fully saturated rings. The monoisotopic (exact) mass is 383 g/mol. The number of benzene rings is 1. The minimum Gasteiger partial charge on any atom is -0.374 e. The molecule has 1 saturated heterocycles. The van der Waals surface area contributed by atoms with E-state index in [9.17, 15) is 4.79 Å². The van der Waals surface area contributed by atoms with Crippen molar-refractivity contribution in [3.63, 3.8) is 0 Å². The van der Waals surface area contributed by atoms with E-state index in [1.807, 2.05) is 7.05 Å². The van der Waals surface area contributed by atoms with Crippen molar-refractivity contribution in [3.05, 3.63) is 39.6 Å². The van der Waals surface area contributed by atoms with Crippen molar-refractivity contribution in [1.29, 1.82) is 0 Å². The molecule has 1 amide bonds. The van der Waals surface area contributed by atoms with Crippen LogP contribution in [0.4, 0.5) is 0 Å². The number of halogens is 2. The quantitative estimate of drug-likeness (QED) is 0.878. The van der Waals surface area contributed by atoms with Gasteiger partial charge < -0.3 is 19.5 Å². The van der Waals surface area contributed by atoms with Gasteiger partial charge in [0.25, 0.3) is 5.91 Å². The fourth-order valence-electron chi connectivity index (χ4n) is 2.82. The summed E-state index contributed by atoms with van der Waals surface area (Å²) in [5, 5.41) is 7.70. The van der Waals surface area contributed by atoms with Crippen LogP contribution < -0.4 is 5.32 Å². The predicted octanol–water partition coefficient (Wildman–Crippen LogP) is 3.02. The number of rotatable bonds is 4. The average Bonchev–Trinajstić information content (AvgIpc) is 2.94. The molecule has 0 saturated carbocycles. The Morgan fingerprint density at radius 2 is 2.12 bits per heavy atom. The maximum absolute atomic E-state index is 12.7. The van der Waals surface area contributed by atoms with Crippen LogP contribution in [0.1, 0.15) is 16.1 Å². The first-order valence-electron chi connectivity index (χ1n) is 7.96. The summed E-state index contributed by atoms with van der Waals surface area (Å²) in [4.78, 5) is 14.9. The van der Waals surface area contributed by atoms with Gasteiger partial charge in [0, 0.05) is 25.2 Å². The Morgan fingerprint density at radius 3 is 2.80 bits per heavy atom. The SMILES string of the molecule is Cc1onc(-c2c(Cl)cccc2Cl)c1C(=O)NC[C@@H]1CN(C)CCO1. The lowest BCUT2D eigenvalue weighted by molar-refractivity contribution is -0.0175. The molecule has 6 nitrogen and oxygen atoms in total. The first kappa shape index (κ1) is 18.2. The second-order valence-corrected chi connectivity index (χ2v) is 6.84. The lowest BCUT2D eigenvalue weighted by atomic mass is 10.1. The Kier molecular flexibility index (Phi) is 5.64. The normalized spacial score (nSPS) is 18.3. The summed E-state index contributed by atoms with van der Waals surface area (Å²) < 4.78 is 10.9. The van der Waals surface area contributed by atoms with Crippen LogP contribution in [0.3, 0.4) is 0 Å². The largest absolute Gasteiger partial charge is 0.374 e. The van der Waals surface area contributed by atoms with Crippen molar-refractivity contribution in [1.82, 2.24) is 15.4 Å². The smallest absolute Gasteiger partial charge is 0.257 e. The van der Waals surface area contributed by atoms with Crippen molar-refractivity contribution in [2.24, 2.45) is 0 Å². The highest BCUT2D eigenvalue weighted by atomic mass is 35.5. The first-order valence-corrected chi connectivity index (χ1v) is 8.72. The molecule has 1 atom stereocenters. The minimum absolute atomic E-state index is 0.0461. The molecular formula is C17H19Cl2N3O3. The Hall–Kier alpha value is -1.60. The number of ether oxygens (including phenoxy) is 1. The van der Waals surface area contributed by atoms with Crippen LogP contribution in [0.25, 0.3) is 11.3 Å². The van der Waals surface area contributed by atoms with Crippen molar-refractivity contribution >= 4 is 29.1 Å². The summed E-state index contributed by atoms with van der Waals surface area (Å²) >= 11 is 12.5. The number of nitrogens with one attached hydrogen (secondary N) is 1. The molecule has 25 heavy (non-hydrogen) atoms. The van der Waals surface area contributed by atoms with E-state index in [0.29, 0.717) is 45.8 Å². The second-order valence-electron chi connectivity index (χ2n) is 6.02. The first-order chi connectivity index (χ1) is 12.0. The molecule has 0 unspecified atom stereocenters. The number of hydrogen-bond donors (Lipinski definition) is 1.